The summed E-state index contributed by atoms with van der Waals surface area (Å²) in [5, 5.41) is 10.7. The van der Waals surface area contributed by atoms with Crippen LogP contribution in [0.25, 0.3) is 0 Å². The summed E-state index contributed by atoms with van der Waals surface area (Å²) < 4.78 is 30.4. The van der Waals surface area contributed by atoms with Crippen LogP contribution in [0.1, 0.15) is 22.4 Å². The number of aromatic nitrogens is 1. The molecule has 0 saturated carbocycles. The van der Waals surface area contributed by atoms with E-state index in [1.54, 1.807) is 6.92 Å². The molecule has 0 atom stereocenters. The molecule has 1 aromatic heterocycles. The molecule has 2 N–H and O–H groups in total. The van der Waals surface area contributed by atoms with Gasteiger partial charge in [0.05, 0.1) is 17.4 Å². The zero-order valence-corrected chi connectivity index (χ0v) is 12.1. The van der Waals surface area contributed by atoms with Crippen molar-refractivity contribution in [3.63, 3.8) is 0 Å². The Morgan fingerprint density at radius 1 is 1.58 bits per heavy atom. The van der Waals surface area contributed by atoms with E-state index in [4.69, 9.17) is 9.84 Å². The standard InChI is InChI=1S/C10H16N2O5S2/c1-2-17-5-6-19(15,16)11-4-3-9-12-8(7-18-9)10(13)14/h7,11H,2-6H2,1H3,(H,13,14). The molecule has 0 amide bonds. The quantitative estimate of drug-likeness (QED) is 0.637. The van der Waals surface area contributed by atoms with Gasteiger partial charge in [-0.05, 0) is 6.92 Å². The van der Waals surface area contributed by atoms with Crippen LogP contribution in [0.2, 0.25) is 0 Å². The molecular formula is C10H16N2O5S2. The average molecular weight is 308 g/mol. The SMILES string of the molecule is CCOCCS(=O)(=O)NCCc1nc(C(=O)O)cs1. The lowest BCUT2D eigenvalue weighted by atomic mass is 10.4. The Hall–Kier alpha value is -1.03. The minimum absolute atomic E-state index is 0.0146. The number of ether oxygens (including phenoxy) is 1. The van der Waals surface area contributed by atoms with Crippen LogP contribution in [0.15, 0.2) is 5.38 Å². The number of hydrogen-bond donors (Lipinski definition) is 2. The van der Waals surface area contributed by atoms with E-state index < -0.39 is 16.0 Å². The molecule has 0 fully saturated rings. The molecule has 7 nitrogen and oxygen atoms in total. The number of aromatic carboxylic acids is 1. The van der Waals surface area contributed by atoms with Crippen molar-refractivity contribution < 1.29 is 23.1 Å². The van der Waals surface area contributed by atoms with Crippen LogP contribution in [-0.4, -0.2) is 50.0 Å². The monoisotopic (exact) mass is 308 g/mol. The van der Waals surface area contributed by atoms with Crippen molar-refractivity contribution in [2.75, 3.05) is 25.5 Å². The van der Waals surface area contributed by atoms with Gasteiger partial charge in [0.15, 0.2) is 5.69 Å². The van der Waals surface area contributed by atoms with Gasteiger partial charge in [-0.15, -0.1) is 11.3 Å². The van der Waals surface area contributed by atoms with E-state index in [2.05, 4.69) is 9.71 Å². The number of thiazole rings is 1. The summed E-state index contributed by atoms with van der Waals surface area (Å²) in [5.74, 6) is -1.17. The van der Waals surface area contributed by atoms with E-state index in [1.165, 1.54) is 16.7 Å². The number of nitrogens with one attached hydrogen (secondary N) is 1. The molecule has 1 heterocycles. The Kier molecular flexibility index (Phi) is 6.35. The normalized spacial score (nSPS) is 11.6. The zero-order chi connectivity index (χ0) is 14.3. The molecule has 0 spiro atoms. The molecule has 0 aromatic carbocycles. The smallest absolute Gasteiger partial charge is 0.355 e. The summed E-state index contributed by atoms with van der Waals surface area (Å²) in [7, 11) is -3.35. The van der Waals surface area contributed by atoms with Gasteiger partial charge < -0.3 is 9.84 Å². The average Bonchev–Trinajstić information content (AvgIpc) is 2.78. The second kappa shape index (κ2) is 7.53. The van der Waals surface area contributed by atoms with Crippen molar-refractivity contribution in [3.8, 4) is 0 Å². The topological polar surface area (TPSA) is 106 Å². The van der Waals surface area contributed by atoms with Crippen molar-refractivity contribution in [3.05, 3.63) is 16.1 Å². The maximum Gasteiger partial charge on any atom is 0.355 e. The third-order valence-electron chi connectivity index (χ3n) is 2.13. The molecule has 0 unspecified atom stereocenters. The fourth-order valence-corrected chi connectivity index (χ4v) is 2.89. The summed E-state index contributed by atoms with van der Waals surface area (Å²) in [6.07, 6.45) is 0.367. The molecule has 108 valence electrons. The van der Waals surface area contributed by atoms with Crippen LogP contribution in [0.3, 0.4) is 0 Å². The van der Waals surface area contributed by atoms with Crippen molar-refractivity contribution >= 4 is 27.3 Å². The fraction of sp³-hybridized carbons (Fsp3) is 0.600. The summed E-state index contributed by atoms with van der Waals surface area (Å²) in [5.41, 5.74) is -0.0146. The van der Waals surface area contributed by atoms with Gasteiger partial charge in [0.25, 0.3) is 0 Å². The lowest BCUT2D eigenvalue weighted by molar-refractivity contribution is 0.0691. The fourth-order valence-electron chi connectivity index (χ4n) is 1.22. The Morgan fingerprint density at radius 3 is 2.89 bits per heavy atom. The third-order valence-corrected chi connectivity index (χ3v) is 4.39. The molecule has 1 aromatic rings. The highest BCUT2D eigenvalue weighted by atomic mass is 32.2. The van der Waals surface area contributed by atoms with E-state index in [0.29, 0.717) is 18.0 Å². The predicted molar refractivity (Wildman–Crippen MR) is 71.1 cm³/mol. The number of sulfonamides is 1. The number of nitrogens with zero attached hydrogens (tertiary/aromatic N) is 1. The molecule has 19 heavy (non-hydrogen) atoms. The van der Waals surface area contributed by atoms with Gasteiger partial charge >= 0.3 is 5.97 Å². The van der Waals surface area contributed by atoms with E-state index in [1.807, 2.05) is 0 Å². The number of carboxylic acid groups (broad SMARTS) is 1. The lowest BCUT2D eigenvalue weighted by Gasteiger charge is -2.05. The minimum Gasteiger partial charge on any atom is -0.476 e. The number of carbonyl (C=O) groups is 1. The van der Waals surface area contributed by atoms with Crippen LogP contribution in [0.4, 0.5) is 0 Å². The lowest BCUT2D eigenvalue weighted by Crippen LogP contribution is -2.30. The third kappa shape index (κ3) is 6.10. The molecule has 0 aliphatic rings. The summed E-state index contributed by atoms with van der Waals surface area (Å²) in [6, 6.07) is 0. The molecule has 0 radical (unpaired) electrons. The Morgan fingerprint density at radius 2 is 2.32 bits per heavy atom. The maximum absolute atomic E-state index is 11.5. The highest BCUT2D eigenvalue weighted by molar-refractivity contribution is 7.89. The highest BCUT2D eigenvalue weighted by Crippen LogP contribution is 2.09. The minimum atomic E-state index is -3.35. The van der Waals surface area contributed by atoms with Gasteiger partial charge in [0.1, 0.15) is 0 Å². The van der Waals surface area contributed by atoms with Gasteiger partial charge in [0.2, 0.25) is 10.0 Å². The maximum atomic E-state index is 11.5. The Bertz CT molecular complexity index is 512. The number of carboxylic acids is 1. The molecule has 0 saturated heterocycles. The van der Waals surface area contributed by atoms with Crippen molar-refractivity contribution in [2.24, 2.45) is 0 Å². The molecule has 0 aliphatic carbocycles. The number of hydrogen-bond acceptors (Lipinski definition) is 6. The van der Waals surface area contributed by atoms with Gasteiger partial charge in [0, 0.05) is 25.0 Å². The first-order valence-corrected chi connectivity index (χ1v) is 8.20. The van der Waals surface area contributed by atoms with Crippen LogP contribution in [0, 0.1) is 0 Å². The van der Waals surface area contributed by atoms with E-state index in [-0.39, 0.29) is 24.6 Å². The number of rotatable bonds is 9. The Balaban J connectivity index is 2.34. The van der Waals surface area contributed by atoms with Gasteiger partial charge in [-0.2, -0.15) is 0 Å². The Labute approximate surface area is 115 Å². The van der Waals surface area contributed by atoms with Crippen molar-refractivity contribution in [2.45, 2.75) is 13.3 Å². The van der Waals surface area contributed by atoms with Crippen LogP contribution in [-0.2, 0) is 21.2 Å². The molecule has 0 aliphatic heterocycles. The van der Waals surface area contributed by atoms with Crippen molar-refractivity contribution in [1.29, 1.82) is 0 Å². The van der Waals surface area contributed by atoms with E-state index in [0.717, 1.165) is 0 Å². The second-order valence-corrected chi connectivity index (χ2v) is 6.46. The van der Waals surface area contributed by atoms with Gasteiger partial charge in [-0.1, -0.05) is 0 Å². The van der Waals surface area contributed by atoms with E-state index >= 15 is 0 Å². The van der Waals surface area contributed by atoms with Crippen LogP contribution in [0.5, 0.6) is 0 Å². The van der Waals surface area contributed by atoms with Gasteiger partial charge in [-0.25, -0.2) is 22.9 Å². The van der Waals surface area contributed by atoms with E-state index in [9.17, 15) is 13.2 Å². The molecule has 0 bridgehead atoms. The van der Waals surface area contributed by atoms with Crippen LogP contribution < -0.4 is 4.72 Å². The molecule has 9 heteroatoms. The molecule has 1 rings (SSSR count). The summed E-state index contributed by atoms with van der Waals surface area (Å²) in [6.45, 7) is 2.63. The van der Waals surface area contributed by atoms with Crippen molar-refractivity contribution in [1.82, 2.24) is 9.71 Å². The zero-order valence-electron chi connectivity index (χ0n) is 10.5. The first-order valence-electron chi connectivity index (χ1n) is 5.67. The second-order valence-electron chi connectivity index (χ2n) is 3.59. The van der Waals surface area contributed by atoms with Crippen LogP contribution >= 0.6 is 11.3 Å². The summed E-state index contributed by atoms with van der Waals surface area (Å²) in [4.78, 5) is 14.5. The largest absolute Gasteiger partial charge is 0.476 e. The first-order chi connectivity index (χ1) is 8.94. The first kappa shape index (κ1) is 16.0. The molecular weight excluding hydrogens is 292 g/mol. The highest BCUT2D eigenvalue weighted by Gasteiger charge is 2.11. The summed E-state index contributed by atoms with van der Waals surface area (Å²) >= 11 is 1.20. The van der Waals surface area contributed by atoms with Gasteiger partial charge in [-0.3, -0.25) is 0 Å². The predicted octanol–water partition coefficient (Wildman–Crippen LogP) is 0.340.